The molecule has 0 spiro atoms. The molecule has 4 nitrogen and oxygen atoms in total. The number of amides is 1. The van der Waals surface area contributed by atoms with Crippen LogP contribution in [-0.2, 0) is 18.3 Å². The van der Waals surface area contributed by atoms with E-state index in [4.69, 9.17) is 0 Å². The number of benzene rings is 2. The van der Waals surface area contributed by atoms with E-state index >= 15 is 0 Å². The third-order valence-corrected chi connectivity index (χ3v) is 3.51. The molecule has 0 saturated carbocycles. The van der Waals surface area contributed by atoms with E-state index in [1.165, 1.54) is 0 Å². The predicted octanol–water partition coefficient (Wildman–Crippen LogP) is 3.14. The van der Waals surface area contributed by atoms with E-state index in [1.54, 1.807) is 0 Å². The Morgan fingerprint density at radius 3 is 2.57 bits per heavy atom. The Kier molecular flexibility index (Phi) is 3.69. The molecule has 0 unspecified atom stereocenters. The van der Waals surface area contributed by atoms with Gasteiger partial charge in [0.15, 0.2) is 0 Å². The molecule has 0 radical (unpaired) electrons. The van der Waals surface area contributed by atoms with Crippen LogP contribution in [0.3, 0.4) is 0 Å². The largest absolute Gasteiger partial charge is 0.331 e. The Hall–Kier alpha value is -2.62. The zero-order valence-corrected chi connectivity index (χ0v) is 11.9. The average molecular weight is 279 g/mol. The smallest absolute Gasteiger partial charge is 0.224 e. The topological polar surface area (TPSA) is 46.9 Å². The van der Waals surface area contributed by atoms with E-state index in [9.17, 15) is 4.79 Å². The number of hydrogen-bond donors (Lipinski definition) is 1. The molecular formula is C17H17N3O. The molecule has 0 aliphatic carbocycles. The molecule has 1 heterocycles. The minimum Gasteiger partial charge on any atom is -0.331 e. The molecule has 4 heteroatoms. The van der Waals surface area contributed by atoms with Crippen molar-refractivity contribution in [3.8, 4) is 0 Å². The summed E-state index contributed by atoms with van der Waals surface area (Å²) in [6, 6.07) is 17.5. The van der Waals surface area contributed by atoms with Crippen LogP contribution in [0.2, 0.25) is 0 Å². The number of aryl methyl sites for hydroxylation is 2. The number of hydrogen-bond acceptors (Lipinski definition) is 2. The Balaban J connectivity index is 1.66. The van der Waals surface area contributed by atoms with Crippen molar-refractivity contribution in [1.82, 2.24) is 9.55 Å². The highest BCUT2D eigenvalue weighted by atomic mass is 16.1. The van der Waals surface area contributed by atoms with Crippen LogP contribution in [0.1, 0.15) is 12.2 Å². The first-order valence-electron chi connectivity index (χ1n) is 6.99. The van der Waals surface area contributed by atoms with Crippen molar-refractivity contribution < 1.29 is 4.79 Å². The first-order valence-corrected chi connectivity index (χ1v) is 6.99. The molecule has 0 aliphatic heterocycles. The van der Waals surface area contributed by atoms with Crippen molar-refractivity contribution in [3.63, 3.8) is 0 Å². The number of rotatable bonds is 4. The second kappa shape index (κ2) is 5.79. The third kappa shape index (κ3) is 2.94. The first kappa shape index (κ1) is 13.4. The van der Waals surface area contributed by atoms with Gasteiger partial charge in [-0.25, -0.2) is 4.98 Å². The van der Waals surface area contributed by atoms with E-state index in [1.807, 2.05) is 66.2 Å². The van der Waals surface area contributed by atoms with E-state index in [0.717, 1.165) is 22.5 Å². The number of fused-ring (bicyclic) bond motifs is 1. The van der Waals surface area contributed by atoms with Crippen molar-refractivity contribution in [2.75, 3.05) is 5.32 Å². The van der Waals surface area contributed by atoms with Gasteiger partial charge in [0.25, 0.3) is 0 Å². The molecule has 1 amide bonds. The quantitative estimate of drug-likeness (QED) is 0.797. The third-order valence-electron chi connectivity index (χ3n) is 3.51. The molecule has 0 atom stereocenters. The highest BCUT2D eigenvalue weighted by molar-refractivity contribution is 5.90. The van der Waals surface area contributed by atoms with Gasteiger partial charge in [-0.3, -0.25) is 4.79 Å². The fourth-order valence-electron chi connectivity index (χ4n) is 2.39. The molecule has 2 aromatic carbocycles. The van der Waals surface area contributed by atoms with Crippen LogP contribution < -0.4 is 5.32 Å². The van der Waals surface area contributed by atoms with E-state index in [2.05, 4.69) is 10.3 Å². The summed E-state index contributed by atoms with van der Waals surface area (Å²) in [6.45, 7) is 0. The number of imidazole rings is 1. The number of anilines is 1. The van der Waals surface area contributed by atoms with Gasteiger partial charge in [0.05, 0.1) is 11.0 Å². The number of nitrogens with one attached hydrogen (secondary N) is 1. The Morgan fingerprint density at radius 1 is 1.10 bits per heavy atom. The lowest BCUT2D eigenvalue weighted by Gasteiger charge is -2.05. The molecule has 21 heavy (non-hydrogen) atoms. The number of nitrogens with zero attached hydrogens (tertiary/aromatic N) is 2. The lowest BCUT2D eigenvalue weighted by Crippen LogP contribution is -2.13. The average Bonchev–Trinajstić information content (AvgIpc) is 2.83. The second-order valence-electron chi connectivity index (χ2n) is 4.99. The molecular weight excluding hydrogens is 262 g/mol. The molecule has 3 aromatic rings. The maximum Gasteiger partial charge on any atom is 0.224 e. The molecule has 0 bridgehead atoms. The lowest BCUT2D eigenvalue weighted by molar-refractivity contribution is -0.116. The van der Waals surface area contributed by atoms with Crippen LogP contribution in [0.15, 0.2) is 54.6 Å². The molecule has 106 valence electrons. The monoisotopic (exact) mass is 279 g/mol. The normalized spacial score (nSPS) is 10.7. The van der Waals surface area contributed by atoms with Gasteiger partial charge in [-0.15, -0.1) is 0 Å². The number of para-hydroxylation sites is 3. The Bertz CT molecular complexity index is 762. The van der Waals surface area contributed by atoms with Gasteiger partial charge in [0.1, 0.15) is 5.82 Å². The standard InChI is InChI=1S/C17H17N3O/c1-20-15-10-6-5-9-14(15)19-16(20)11-12-17(21)18-13-7-3-2-4-8-13/h2-10H,11-12H2,1H3,(H,18,21). The zero-order valence-electron chi connectivity index (χ0n) is 11.9. The second-order valence-corrected chi connectivity index (χ2v) is 4.99. The SMILES string of the molecule is Cn1c(CCC(=O)Nc2ccccc2)nc2ccccc21. The van der Waals surface area contributed by atoms with Crippen LogP contribution in [0.5, 0.6) is 0 Å². The van der Waals surface area contributed by atoms with Gasteiger partial charge in [-0.2, -0.15) is 0 Å². The number of carbonyl (C=O) groups is 1. The van der Waals surface area contributed by atoms with Crippen molar-refractivity contribution in [2.24, 2.45) is 7.05 Å². The fourth-order valence-corrected chi connectivity index (χ4v) is 2.39. The van der Waals surface area contributed by atoms with Gasteiger partial charge in [0, 0.05) is 25.6 Å². The van der Waals surface area contributed by atoms with Crippen LogP contribution in [0, 0.1) is 0 Å². The van der Waals surface area contributed by atoms with Gasteiger partial charge >= 0.3 is 0 Å². The van der Waals surface area contributed by atoms with Gasteiger partial charge in [0.2, 0.25) is 5.91 Å². The minimum absolute atomic E-state index is 0.00764. The molecule has 0 fully saturated rings. The summed E-state index contributed by atoms with van der Waals surface area (Å²) in [7, 11) is 1.99. The van der Waals surface area contributed by atoms with Crippen LogP contribution in [0.4, 0.5) is 5.69 Å². The summed E-state index contributed by atoms with van der Waals surface area (Å²) in [4.78, 5) is 16.5. The van der Waals surface area contributed by atoms with E-state index < -0.39 is 0 Å². The van der Waals surface area contributed by atoms with Crippen molar-refractivity contribution in [1.29, 1.82) is 0 Å². The van der Waals surface area contributed by atoms with Crippen molar-refractivity contribution in [2.45, 2.75) is 12.8 Å². The van der Waals surface area contributed by atoms with Gasteiger partial charge < -0.3 is 9.88 Å². The van der Waals surface area contributed by atoms with Gasteiger partial charge in [-0.05, 0) is 24.3 Å². The summed E-state index contributed by atoms with van der Waals surface area (Å²) in [5, 5.41) is 2.89. The molecule has 0 aliphatic rings. The number of carbonyl (C=O) groups excluding carboxylic acids is 1. The zero-order chi connectivity index (χ0) is 14.7. The predicted molar refractivity (Wildman–Crippen MR) is 84.1 cm³/mol. The van der Waals surface area contributed by atoms with Crippen molar-refractivity contribution in [3.05, 3.63) is 60.4 Å². The summed E-state index contributed by atoms with van der Waals surface area (Å²) in [6.07, 6.45) is 1.05. The van der Waals surface area contributed by atoms with E-state index in [-0.39, 0.29) is 5.91 Å². The van der Waals surface area contributed by atoms with Crippen LogP contribution in [0.25, 0.3) is 11.0 Å². The fraction of sp³-hybridized carbons (Fsp3) is 0.176. The highest BCUT2D eigenvalue weighted by Crippen LogP contribution is 2.15. The van der Waals surface area contributed by atoms with Crippen LogP contribution >= 0.6 is 0 Å². The van der Waals surface area contributed by atoms with E-state index in [0.29, 0.717) is 12.8 Å². The maximum absolute atomic E-state index is 12.0. The Morgan fingerprint density at radius 2 is 1.81 bits per heavy atom. The summed E-state index contributed by atoms with van der Waals surface area (Å²) in [5.74, 6) is 0.938. The molecule has 1 aromatic heterocycles. The number of aromatic nitrogens is 2. The Labute approximate surface area is 123 Å². The van der Waals surface area contributed by atoms with Crippen molar-refractivity contribution >= 4 is 22.6 Å². The lowest BCUT2D eigenvalue weighted by atomic mass is 10.2. The summed E-state index contributed by atoms with van der Waals surface area (Å²) in [5.41, 5.74) is 2.89. The molecule has 1 N–H and O–H groups in total. The van der Waals surface area contributed by atoms with Crippen LogP contribution in [-0.4, -0.2) is 15.5 Å². The molecule has 3 rings (SSSR count). The summed E-state index contributed by atoms with van der Waals surface area (Å²) < 4.78 is 2.05. The summed E-state index contributed by atoms with van der Waals surface area (Å²) >= 11 is 0. The highest BCUT2D eigenvalue weighted by Gasteiger charge is 2.09. The molecule has 0 saturated heterocycles. The van der Waals surface area contributed by atoms with Gasteiger partial charge in [-0.1, -0.05) is 30.3 Å². The maximum atomic E-state index is 12.0. The first-order chi connectivity index (χ1) is 10.2. The minimum atomic E-state index is 0.00764.